The molecule has 2 N–H and O–H groups in total. The Morgan fingerprint density at radius 1 is 1.29 bits per heavy atom. The standard InChI is InChI=1S/C13H13N3S/c1-8-4-3-5-11-9(8)6-12(17-11)10-7-13(14)15-16(10)2/h3-7H,1-2H3,(H2,14,15). The van der Waals surface area contributed by atoms with Gasteiger partial charge < -0.3 is 5.73 Å². The van der Waals surface area contributed by atoms with Gasteiger partial charge in [-0.1, -0.05) is 12.1 Å². The van der Waals surface area contributed by atoms with Crippen LogP contribution in [0.4, 0.5) is 5.82 Å². The predicted molar refractivity (Wildman–Crippen MR) is 73.2 cm³/mol. The van der Waals surface area contributed by atoms with Crippen LogP contribution in [-0.4, -0.2) is 9.78 Å². The maximum absolute atomic E-state index is 5.71. The Kier molecular flexibility index (Phi) is 2.19. The van der Waals surface area contributed by atoms with Crippen LogP contribution in [0, 0.1) is 6.92 Å². The number of hydrogen-bond donors (Lipinski definition) is 1. The first-order valence-corrected chi connectivity index (χ1v) is 6.26. The molecule has 2 heterocycles. The number of aryl methyl sites for hydroxylation is 2. The van der Waals surface area contributed by atoms with E-state index in [0.29, 0.717) is 5.82 Å². The highest BCUT2D eigenvalue weighted by Gasteiger charge is 2.10. The zero-order chi connectivity index (χ0) is 12.0. The first kappa shape index (κ1) is 10.4. The Hall–Kier alpha value is -1.81. The van der Waals surface area contributed by atoms with E-state index in [2.05, 4.69) is 36.3 Å². The number of nitrogens with two attached hydrogens (primary N) is 1. The maximum Gasteiger partial charge on any atom is 0.146 e. The second-order valence-electron chi connectivity index (χ2n) is 4.18. The summed E-state index contributed by atoms with van der Waals surface area (Å²) in [6.07, 6.45) is 0. The first-order chi connectivity index (χ1) is 8.15. The molecule has 2 aromatic heterocycles. The summed E-state index contributed by atoms with van der Waals surface area (Å²) in [4.78, 5) is 1.21. The van der Waals surface area contributed by atoms with Crippen molar-refractivity contribution in [2.75, 3.05) is 5.73 Å². The molecule has 3 rings (SSSR count). The van der Waals surface area contributed by atoms with Crippen LogP contribution >= 0.6 is 11.3 Å². The van der Waals surface area contributed by atoms with Gasteiger partial charge in [-0.3, -0.25) is 4.68 Å². The average molecular weight is 243 g/mol. The molecule has 3 nitrogen and oxygen atoms in total. The van der Waals surface area contributed by atoms with Crippen LogP contribution in [0.2, 0.25) is 0 Å². The van der Waals surface area contributed by atoms with E-state index >= 15 is 0 Å². The van der Waals surface area contributed by atoms with Crippen molar-refractivity contribution in [1.29, 1.82) is 0 Å². The SMILES string of the molecule is Cc1cccc2sc(-c3cc(N)nn3C)cc12. The van der Waals surface area contributed by atoms with Gasteiger partial charge in [0.1, 0.15) is 5.82 Å². The number of thiophene rings is 1. The molecule has 17 heavy (non-hydrogen) atoms. The third-order valence-corrected chi connectivity index (χ3v) is 4.05. The minimum atomic E-state index is 0.566. The minimum absolute atomic E-state index is 0.566. The molecule has 0 fully saturated rings. The summed E-state index contributed by atoms with van der Waals surface area (Å²) in [5, 5.41) is 5.49. The number of benzene rings is 1. The van der Waals surface area contributed by atoms with Crippen molar-refractivity contribution >= 4 is 27.2 Å². The molecule has 4 heteroatoms. The van der Waals surface area contributed by atoms with Crippen LogP contribution in [0.3, 0.4) is 0 Å². The highest BCUT2D eigenvalue weighted by atomic mass is 32.1. The quantitative estimate of drug-likeness (QED) is 0.713. The van der Waals surface area contributed by atoms with E-state index in [9.17, 15) is 0 Å². The summed E-state index contributed by atoms with van der Waals surface area (Å²) >= 11 is 1.78. The molecule has 0 radical (unpaired) electrons. The van der Waals surface area contributed by atoms with Crippen LogP contribution in [0.5, 0.6) is 0 Å². The van der Waals surface area contributed by atoms with Crippen molar-refractivity contribution in [2.45, 2.75) is 6.92 Å². The van der Waals surface area contributed by atoms with E-state index in [1.165, 1.54) is 20.5 Å². The van der Waals surface area contributed by atoms with Gasteiger partial charge in [-0.25, -0.2) is 0 Å². The van der Waals surface area contributed by atoms with Crippen LogP contribution in [0.25, 0.3) is 20.7 Å². The van der Waals surface area contributed by atoms with Crippen LogP contribution in [0.1, 0.15) is 5.56 Å². The lowest BCUT2D eigenvalue weighted by molar-refractivity contribution is 0.782. The van der Waals surface area contributed by atoms with Gasteiger partial charge in [0, 0.05) is 17.8 Å². The van der Waals surface area contributed by atoms with E-state index < -0.39 is 0 Å². The molecule has 3 aromatic rings. The van der Waals surface area contributed by atoms with Gasteiger partial charge in [-0.2, -0.15) is 5.10 Å². The molecule has 0 spiro atoms. The summed E-state index contributed by atoms with van der Waals surface area (Å²) in [6.45, 7) is 2.14. The number of rotatable bonds is 1. The fourth-order valence-electron chi connectivity index (χ4n) is 2.05. The summed E-state index contributed by atoms with van der Waals surface area (Å²) in [7, 11) is 1.92. The summed E-state index contributed by atoms with van der Waals surface area (Å²) in [6, 6.07) is 10.5. The molecule has 0 atom stereocenters. The normalized spacial score (nSPS) is 11.2. The third kappa shape index (κ3) is 1.61. The van der Waals surface area contributed by atoms with Gasteiger partial charge in [0.15, 0.2) is 0 Å². The Bertz CT molecular complexity index is 694. The zero-order valence-corrected chi connectivity index (χ0v) is 10.6. The summed E-state index contributed by atoms with van der Waals surface area (Å²) < 4.78 is 3.13. The smallest absolute Gasteiger partial charge is 0.146 e. The Morgan fingerprint density at radius 2 is 2.12 bits per heavy atom. The van der Waals surface area contributed by atoms with Gasteiger partial charge in [0.05, 0.1) is 10.6 Å². The number of anilines is 1. The van der Waals surface area contributed by atoms with Gasteiger partial charge in [-0.05, 0) is 30.0 Å². The van der Waals surface area contributed by atoms with Crippen molar-refractivity contribution in [3.63, 3.8) is 0 Å². The molecule has 0 unspecified atom stereocenters. The molecule has 1 aromatic carbocycles. The van der Waals surface area contributed by atoms with Crippen molar-refractivity contribution in [2.24, 2.45) is 7.05 Å². The number of fused-ring (bicyclic) bond motifs is 1. The van der Waals surface area contributed by atoms with Crippen molar-refractivity contribution in [3.8, 4) is 10.6 Å². The lowest BCUT2D eigenvalue weighted by atomic mass is 10.1. The fraction of sp³-hybridized carbons (Fsp3) is 0.154. The average Bonchev–Trinajstić information content (AvgIpc) is 2.82. The van der Waals surface area contributed by atoms with E-state index in [1.54, 1.807) is 11.3 Å². The molecule has 0 saturated heterocycles. The lowest BCUT2D eigenvalue weighted by Crippen LogP contribution is -1.93. The van der Waals surface area contributed by atoms with Crippen LogP contribution < -0.4 is 5.73 Å². The number of hydrogen-bond acceptors (Lipinski definition) is 3. The van der Waals surface area contributed by atoms with Crippen molar-refractivity contribution in [1.82, 2.24) is 9.78 Å². The predicted octanol–water partition coefficient (Wildman–Crippen LogP) is 3.19. The molecule has 0 saturated carbocycles. The second kappa shape index (κ2) is 3.60. The minimum Gasteiger partial charge on any atom is -0.382 e. The Balaban J connectivity index is 2.25. The molecule has 86 valence electrons. The van der Waals surface area contributed by atoms with Gasteiger partial charge >= 0.3 is 0 Å². The lowest BCUT2D eigenvalue weighted by Gasteiger charge is -1.95. The third-order valence-electron chi connectivity index (χ3n) is 2.93. The maximum atomic E-state index is 5.71. The number of nitrogens with zero attached hydrogens (tertiary/aromatic N) is 2. The Morgan fingerprint density at radius 3 is 2.76 bits per heavy atom. The first-order valence-electron chi connectivity index (χ1n) is 5.44. The molecular formula is C13H13N3S. The fourth-order valence-corrected chi connectivity index (χ4v) is 3.24. The summed E-state index contributed by atoms with van der Waals surface area (Å²) in [5.74, 6) is 0.566. The van der Waals surface area contributed by atoms with Gasteiger partial charge in [-0.15, -0.1) is 11.3 Å². The highest BCUT2D eigenvalue weighted by Crippen LogP contribution is 2.35. The summed E-state index contributed by atoms with van der Waals surface area (Å²) in [5.41, 5.74) is 8.09. The topological polar surface area (TPSA) is 43.8 Å². The molecule has 0 amide bonds. The Labute approximate surface area is 103 Å². The van der Waals surface area contributed by atoms with Crippen molar-refractivity contribution < 1.29 is 0 Å². The molecular weight excluding hydrogens is 230 g/mol. The van der Waals surface area contributed by atoms with Crippen LogP contribution in [0.15, 0.2) is 30.3 Å². The van der Waals surface area contributed by atoms with E-state index in [4.69, 9.17) is 5.73 Å². The van der Waals surface area contributed by atoms with Gasteiger partial charge in [0.2, 0.25) is 0 Å². The molecule has 0 bridgehead atoms. The van der Waals surface area contributed by atoms with Crippen LogP contribution in [-0.2, 0) is 7.05 Å². The molecule has 0 aliphatic rings. The van der Waals surface area contributed by atoms with Gasteiger partial charge in [0.25, 0.3) is 0 Å². The monoisotopic (exact) mass is 243 g/mol. The molecule has 0 aliphatic heterocycles. The zero-order valence-electron chi connectivity index (χ0n) is 9.77. The van der Waals surface area contributed by atoms with E-state index in [1.807, 2.05) is 17.8 Å². The van der Waals surface area contributed by atoms with E-state index in [-0.39, 0.29) is 0 Å². The number of nitrogen functional groups attached to an aromatic ring is 1. The van der Waals surface area contributed by atoms with Crippen molar-refractivity contribution in [3.05, 3.63) is 35.9 Å². The largest absolute Gasteiger partial charge is 0.382 e. The highest BCUT2D eigenvalue weighted by molar-refractivity contribution is 7.22. The molecule has 0 aliphatic carbocycles. The number of aromatic nitrogens is 2. The second-order valence-corrected chi connectivity index (χ2v) is 5.26. The van der Waals surface area contributed by atoms with E-state index in [0.717, 1.165) is 5.69 Å².